The summed E-state index contributed by atoms with van der Waals surface area (Å²) in [6, 6.07) is 17.4. The molecule has 0 saturated heterocycles. The predicted molar refractivity (Wildman–Crippen MR) is 136 cm³/mol. The van der Waals surface area contributed by atoms with Crippen LogP contribution in [0.15, 0.2) is 81.3 Å². The molecule has 6 nitrogen and oxygen atoms in total. The lowest BCUT2D eigenvalue weighted by Crippen LogP contribution is -2.12. The molecule has 0 amide bonds. The molecule has 2 aromatic carbocycles. The second-order valence-electron chi connectivity index (χ2n) is 8.67. The topological polar surface area (TPSA) is 80.1 Å². The van der Waals surface area contributed by atoms with E-state index in [9.17, 15) is 4.79 Å². The van der Waals surface area contributed by atoms with Crippen molar-refractivity contribution in [1.82, 2.24) is 15.0 Å². The number of rotatable bonds is 9. The number of amidine groups is 1. The fraction of sp³-hybridized carbons (Fsp3) is 0.296. The monoisotopic (exact) mass is 469 g/mol. The Morgan fingerprint density at radius 2 is 1.82 bits per heavy atom. The molecule has 1 aromatic heterocycles. The molecule has 2 heterocycles. The summed E-state index contributed by atoms with van der Waals surface area (Å²) in [4.78, 5) is 32.1. The summed E-state index contributed by atoms with van der Waals surface area (Å²) in [5.74, 6) is 2.76. The molecule has 0 spiro atoms. The van der Waals surface area contributed by atoms with Gasteiger partial charge in [0.15, 0.2) is 10.9 Å². The summed E-state index contributed by atoms with van der Waals surface area (Å²) in [5, 5.41) is 3.96. The highest BCUT2D eigenvalue weighted by molar-refractivity contribution is 7.99. The van der Waals surface area contributed by atoms with Crippen LogP contribution in [0.4, 0.5) is 5.95 Å². The summed E-state index contributed by atoms with van der Waals surface area (Å²) < 4.78 is 0. The number of hydrogen-bond donors (Lipinski definition) is 1. The van der Waals surface area contributed by atoms with Crippen LogP contribution >= 0.6 is 11.8 Å². The maximum atomic E-state index is 12.5. The Kier molecular flexibility index (Phi) is 6.81. The minimum atomic E-state index is 0.120. The molecule has 1 N–H and O–H groups in total. The molecule has 0 unspecified atom stereocenters. The Balaban J connectivity index is 1.28. The van der Waals surface area contributed by atoms with Crippen molar-refractivity contribution in [3.8, 4) is 0 Å². The summed E-state index contributed by atoms with van der Waals surface area (Å²) in [6.45, 7) is 2.93. The zero-order valence-electron chi connectivity index (χ0n) is 19.2. The quantitative estimate of drug-likeness (QED) is 0.395. The van der Waals surface area contributed by atoms with E-state index in [0.29, 0.717) is 23.4 Å². The van der Waals surface area contributed by atoms with Gasteiger partial charge in [0.1, 0.15) is 11.7 Å². The first kappa shape index (κ1) is 22.5. The van der Waals surface area contributed by atoms with Crippen molar-refractivity contribution in [1.29, 1.82) is 0 Å². The molecule has 34 heavy (non-hydrogen) atoms. The maximum Gasteiger partial charge on any atom is 0.232 e. The molecule has 0 bridgehead atoms. The van der Waals surface area contributed by atoms with Crippen LogP contribution in [0, 0.1) is 0 Å². The number of nitrogens with zero attached hydrogens (tertiary/aromatic N) is 4. The number of benzene rings is 2. The number of carbonyl (C=O) groups is 1. The molecule has 1 aliphatic carbocycles. The third-order valence-corrected chi connectivity index (χ3v) is 6.64. The second-order valence-corrected chi connectivity index (χ2v) is 9.71. The highest BCUT2D eigenvalue weighted by Crippen LogP contribution is 2.39. The van der Waals surface area contributed by atoms with Crippen molar-refractivity contribution in [2.24, 2.45) is 4.99 Å². The minimum Gasteiger partial charge on any atom is -0.309 e. The van der Waals surface area contributed by atoms with E-state index in [1.54, 1.807) is 0 Å². The number of nitrogens with one attached hydrogen (secondary N) is 1. The Bertz CT molecular complexity index is 1230. The highest BCUT2D eigenvalue weighted by Gasteiger charge is 2.28. The van der Waals surface area contributed by atoms with E-state index in [-0.39, 0.29) is 5.78 Å². The lowest BCUT2D eigenvalue weighted by Gasteiger charge is -2.08. The summed E-state index contributed by atoms with van der Waals surface area (Å²) in [7, 11) is 0. The first-order valence-electron chi connectivity index (χ1n) is 11.8. The largest absolute Gasteiger partial charge is 0.309 e. The van der Waals surface area contributed by atoms with Gasteiger partial charge in [0.25, 0.3) is 0 Å². The normalized spacial score (nSPS) is 15.1. The Morgan fingerprint density at radius 3 is 2.56 bits per heavy atom. The molecular weight excluding hydrogens is 442 g/mol. The SMILES string of the molecule is CCCC1=CC(Nc2nc(Sc3ccc(CC(=O)c4ccccc4)cc3)nc(C3CC3)n2)=NC1. The number of aliphatic imine (C=N–C) groups is 1. The van der Waals surface area contributed by atoms with E-state index in [1.807, 2.05) is 54.6 Å². The lowest BCUT2D eigenvalue weighted by atomic mass is 10.0. The Labute approximate surface area is 204 Å². The van der Waals surface area contributed by atoms with E-state index < -0.39 is 0 Å². The van der Waals surface area contributed by atoms with Gasteiger partial charge in [0.2, 0.25) is 5.95 Å². The average molecular weight is 470 g/mol. The van der Waals surface area contributed by atoms with E-state index in [4.69, 9.17) is 4.98 Å². The summed E-state index contributed by atoms with van der Waals surface area (Å²) in [6.07, 6.45) is 6.92. The van der Waals surface area contributed by atoms with Crippen LogP contribution in [0.25, 0.3) is 0 Å². The number of aromatic nitrogens is 3. The predicted octanol–water partition coefficient (Wildman–Crippen LogP) is 5.88. The molecule has 0 radical (unpaired) electrons. The van der Waals surface area contributed by atoms with Gasteiger partial charge in [0.05, 0.1) is 6.54 Å². The molecule has 0 atom stereocenters. The zero-order chi connectivity index (χ0) is 23.3. The van der Waals surface area contributed by atoms with Gasteiger partial charge in [-0.3, -0.25) is 9.79 Å². The van der Waals surface area contributed by atoms with Crippen LogP contribution < -0.4 is 5.32 Å². The first-order chi connectivity index (χ1) is 16.7. The van der Waals surface area contributed by atoms with Gasteiger partial charge in [-0.05, 0) is 60.4 Å². The molecule has 1 saturated carbocycles. The molecule has 5 rings (SSSR count). The molecule has 172 valence electrons. The molecular formula is C27H27N5OS. The Hall–Kier alpha value is -3.32. The van der Waals surface area contributed by atoms with E-state index in [0.717, 1.165) is 59.9 Å². The Morgan fingerprint density at radius 1 is 1.03 bits per heavy atom. The summed E-state index contributed by atoms with van der Waals surface area (Å²) in [5.41, 5.74) is 3.06. The molecule has 3 aromatic rings. The third kappa shape index (κ3) is 5.78. The van der Waals surface area contributed by atoms with Gasteiger partial charge in [0, 0.05) is 22.8 Å². The van der Waals surface area contributed by atoms with Crippen molar-refractivity contribution in [2.75, 3.05) is 11.9 Å². The van der Waals surface area contributed by atoms with Crippen LogP contribution in [-0.4, -0.2) is 33.1 Å². The maximum absolute atomic E-state index is 12.5. The van der Waals surface area contributed by atoms with Crippen molar-refractivity contribution in [3.05, 3.63) is 83.2 Å². The molecule has 2 aliphatic rings. The van der Waals surface area contributed by atoms with Crippen molar-refractivity contribution >= 4 is 29.3 Å². The van der Waals surface area contributed by atoms with Crippen LogP contribution in [0.2, 0.25) is 0 Å². The van der Waals surface area contributed by atoms with Crippen molar-refractivity contribution in [3.63, 3.8) is 0 Å². The fourth-order valence-electron chi connectivity index (χ4n) is 3.82. The van der Waals surface area contributed by atoms with Crippen LogP contribution in [0.1, 0.15) is 60.3 Å². The lowest BCUT2D eigenvalue weighted by molar-refractivity contribution is 0.0993. The van der Waals surface area contributed by atoms with Gasteiger partial charge >= 0.3 is 0 Å². The average Bonchev–Trinajstić information content (AvgIpc) is 3.62. The van der Waals surface area contributed by atoms with Gasteiger partial charge < -0.3 is 5.32 Å². The number of Topliss-reactive ketones (excluding diaryl/α,β-unsaturated/α-hetero) is 1. The number of ketones is 1. The highest BCUT2D eigenvalue weighted by atomic mass is 32.2. The van der Waals surface area contributed by atoms with Gasteiger partial charge in [-0.2, -0.15) is 9.97 Å². The van der Waals surface area contributed by atoms with Gasteiger partial charge in [-0.1, -0.05) is 55.8 Å². The molecule has 7 heteroatoms. The van der Waals surface area contributed by atoms with Crippen molar-refractivity contribution < 1.29 is 4.79 Å². The summed E-state index contributed by atoms with van der Waals surface area (Å²) >= 11 is 1.51. The smallest absolute Gasteiger partial charge is 0.232 e. The van der Waals surface area contributed by atoms with E-state index in [2.05, 4.69) is 33.3 Å². The number of anilines is 1. The van der Waals surface area contributed by atoms with Crippen LogP contribution in [0.3, 0.4) is 0 Å². The van der Waals surface area contributed by atoms with E-state index >= 15 is 0 Å². The third-order valence-electron chi connectivity index (χ3n) is 5.77. The van der Waals surface area contributed by atoms with Crippen molar-refractivity contribution in [2.45, 2.75) is 55.0 Å². The zero-order valence-corrected chi connectivity index (χ0v) is 20.0. The van der Waals surface area contributed by atoms with Crippen LogP contribution in [0.5, 0.6) is 0 Å². The van der Waals surface area contributed by atoms with Gasteiger partial charge in [-0.15, -0.1) is 0 Å². The standard InChI is InChI=1S/C27H27N5OS/c1-2-6-19-16-24(28-17-19)29-26-30-25(21-11-12-21)31-27(32-26)34-22-13-9-18(10-14-22)15-23(33)20-7-4-3-5-8-20/h3-5,7-10,13-14,16,21H,2,6,11-12,15,17H2,1H3,(H,28,29,30,31,32). The number of hydrogen-bond acceptors (Lipinski definition) is 7. The number of carbonyl (C=O) groups excluding carboxylic acids is 1. The molecule has 1 aliphatic heterocycles. The fourth-order valence-corrected chi connectivity index (χ4v) is 4.58. The second kappa shape index (κ2) is 10.3. The molecule has 1 fully saturated rings. The first-order valence-corrected chi connectivity index (χ1v) is 12.6. The van der Waals surface area contributed by atoms with Gasteiger partial charge in [-0.25, -0.2) is 4.98 Å². The van der Waals surface area contributed by atoms with E-state index in [1.165, 1.54) is 17.3 Å². The van der Waals surface area contributed by atoms with Crippen LogP contribution in [-0.2, 0) is 6.42 Å². The minimum absolute atomic E-state index is 0.120.